The van der Waals surface area contributed by atoms with Gasteiger partial charge in [0.05, 0.1) is 29.2 Å². The molecule has 178 valence electrons. The van der Waals surface area contributed by atoms with Crippen LogP contribution in [-0.2, 0) is 16.2 Å². The van der Waals surface area contributed by atoms with E-state index in [1.54, 1.807) is 0 Å². The topological polar surface area (TPSA) is 111 Å². The molecule has 0 spiro atoms. The van der Waals surface area contributed by atoms with Crippen LogP contribution in [0, 0.1) is 28.8 Å². The fraction of sp³-hybridized carbons (Fsp3) is 0.316. The normalized spacial score (nSPS) is 21.7. The van der Waals surface area contributed by atoms with E-state index in [4.69, 9.17) is 10.00 Å². The van der Waals surface area contributed by atoms with Crippen LogP contribution in [-0.4, -0.2) is 54.3 Å². The number of aliphatic hydroxyl groups excluding tert-OH is 1. The lowest BCUT2D eigenvalue weighted by molar-refractivity contribution is -0.137. The number of hydrogen-bond donors (Lipinski definition) is 2. The molecule has 1 fully saturated rings. The van der Waals surface area contributed by atoms with Gasteiger partial charge in [0.15, 0.2) is 17.5 Å². The van der Waals surface area contributed by atoms with Crippen molar-refractivity contribution in [2.45, 2.75) is 22.8 Å². The Morgan fingerprint density at radius 3 is 2.30 bits per heavy atom. The quantitative estimate of drug-likeness (QED) is 0.485. The Morgan fingerprint density at radius 2 is 1.79 bits per heavy atom. The zero-order valence-electron chi connectivity index (χ0n) is 16.3. The fourth-order valence-electron chi connectivity index (χ4n) is 3.23. The molecule has 1 aliphatic heterocycles. The van der Waals surface area contributed by atoms with E-state index in [9.17, 15) is 45.0 Å². The molecule has 2 aromatic rings. The van der Waals surface area contributed by atoms with Crippen LogP contribution in [0.4, 0.5) is 26.3 Å². The number of halogens is 6. The van der Waals surface area contributed by atoms with E-state index in [1.165, 1.54) is 6.07 Å². The van der Waals surface area contributed by atoms with Crippen molar-refractivity contribution in [2.75, 3.05) is 19.7 Å². The first kappa shape index (κ1) is 24.8. The van der Waals surface area contributed by atoms with Crippen molar-refractivity contribution in [3.63, 3.8) is 0 Å². The van der Waals surface area contributed by atoms with Crippen molar-refractivity contribution in [3.05, 3.63) is 58.9 Å². The van der Waals surface area contributed by atoms with Crippen molar-refractivity contribution < 1.29 is 49.7 Å². The van der Waals surface area contributed by atoms with E-state index in [0.717, 1.165) is 0 Å². The maximum absolute atomic E-state index is 13.5. The van der Waals surface area contributed by atoms with Gasteiger partial charge in [0.2, 0.25) is 10.0 Å². The smallest absolute Gasteiger partial charge is 0.416 e. The van der Waals surface area contributed by atoms with Gasteiger partial charge in [-0.2, -0.15) is 22.7 Å². The summed E-state index contributed by atoms with van der Waals surface area (Å²) in [5, 5.41) is 29.4. The van der Waals surface area contributed by atoms with Gasteiger partial charge in [-0.3, -0.25) is 0 Å². The lowest BCUT2D eigenvalue weighted by Crippen LogP contribution is -2.48. The van der Waals surface area contributed by atoms with Gasteiger partial charge in [0.25, 0.3) is 0 Å². The molecule has 0 aliphatic carbocycles. The van der Waals surface area contributed by atoms with Crippen LogP contribution in [0.2, 0.25) is 0 Å². The third-order valence-electron chi connectivity index (χ3n) is 4.97. The van der Waals surface area contributed by atoms with E-state index in [2.05, 4.69) is 0 Å². The fourth-order valence-corrected chi connectivity index (χ4v) is 4.86. The molecular weight excluding hydrogens is 482 g/mol. The minimum absolute atomic E-state index is 0.346. The van der Waals surface area contributed by atoms with Crippen LogP contribution in [0.25, 0.3) is 0 Å². The molecule has 7 nitrogen and oxygen atoms in total. The molecule has 33 heavy (non-hydrogen) atoms. The summed E-state index contributed by atoms with van der Waals surface area (Å²) in [5.74, 6) is -5.65. The Bertz CT molecular complexity index is 1210. The summed E-state index contributed by atoms with van der Waals surface area (Å²) in [7, 11) is -4.69. The maximum atomic E-state index is 13.5. The average Bonchev–Trinajstić information content (AvgIpc) is 3.08. The van der Waals surface area contributed by atoms with Crippen LogP contribution in [0.1, 0.15) is 11.1 Å². The zero-order chi connectivity index (χ0) is 24.8. The number of sulfonamides is 1. The SMILES string of the molecule is N#Cc1cc(C(F)(F)F)ccc1S(=O)(=O)N1CC(Oc2cc(F)c(F)c(F)c2)[C@](O)(CO)C1. The molecule has 0 saturated carbocycles. The van der Waals surface area contributed by atoms with Crippen molar-refractivity contribution >= 4 is 10.0 Å². The molecule has 1 aliphatic rings. The summed E-state index contributed by atoms with van der Waals surface area (Å²) in [4.78, 5) is -0.794. The van der Waals surface area contributed by atoms with Crippen LogP contribution in [0.3, 0.4) is 0 Å². The van der Waals surface area contributed by atoms with Crippen LogP contribution >= 0.6 is 0 Å². The second kappa shape index (κ2) is 8.49. The highest BCUT2D eigenvalue weighted by molar-refractivity contribution is 7.89. The van der Waals surface area contributed by atoms with Gasteiger partial charge in [-0.1, -0.05) is 0 Å². The van der Waals surface area contributed by atoms with E-state index in [-0.39, 0.29) is 0 Å². The van der Waals surface area contributed by atoms with Gasteiger partial charge in [-0.15, -0.1) is 0 Å². The first-order valence-electron chi connectivity index (χ1n) is 8.99. The molecule has 2 aromatic carbocycles. The minimum Gasteiger partial charge on any atom is -0.486 e. The number of aliphatic hydroxyl groups is 2. The molecule has 0 amide bonds. The Balaban J connectivity index is 1.95. The largest absolute Gasteiger partial charge is 0.486 e. The first-order chi connectivity index (χ1) is 15.2. The van der Waals surface area contributed by atoms with Gasteiger partial charge in [0.1, 0.15) is 23.5 Å². The van der Waals surface area contributed by atoms with E-state index in [1.807, 2.05) is 0 Å². The number of nitriles is 1. The predicted octanol–water partition coefficient (Wildman–Crippen LogP) is 2.17. The number of benzene rings is 2. The molecule has 0 bridgehead atoms. The lowest BCUT2D eigenvalue weighted by Gasteiger charge is -2.27. The monoisotopic (exact) mass is 496 g/mol. The number of alkyl halides is 3. The number of hydrogen-bond acceptors (Lipinski definition) is 6. The maximum Gasteiger partial charge on any atom is 0.416 e. The summed E-state index contributed by atoms with van der Waals surface area (Å²) in [6.45, 7) is -2.62. The first-order valence-corrected chi connectivity index (χ1v) is 10.4. The van der Waals surface area contributed by atoms with Crippen molar-refractivity contribution in [1.82, 2.24) is 4.31 Å². The van der Waals surface area contributed by atoms with Gasteiger partial charge >= 0.3 is 6.18 Å². The molecular formula is C19H14F6N2O5S. The van der Waals surface area contributed by atoms with Gasteiger partial charge in [-0.05, 0) is 18.2 Å². The average molecular weight is 496 g/mol. The van der Waals surface area contributed by atoms with Crippen molar-refractivity contribution in [2.24, 2.45) is 0 Å². The summed E-state index contributed by atoms with van der Waals surface area (Å²) in [6, 6.07) is 3.64. The number of nitrogens with zero attached hydrogens (tertiary/aromatic N) is 2. The third kappa shape index (κ3) is 4.62. The standard InChI is InChI=1S/C19H14F6N2O5S/c20-13-4-12(5-14(21)17(13)22)32-16-7-27(8-18(16,29)9-28)33(30,31)15-2-1-11(19(23,24)25)3-10(15)6-26/h1-5,16,28-29H,7-9H2/t16?,18-/m1/s1. The van der Waals surface area contributed by atoms with E-state index in [0.29, 0.717) is 34.6 Å². The zero-order valence-corrected chi connectivity index (χ0v) is 17.1. The van der Waals surface area contributed by atoms with Gasteiger partial charge in [0, 0.05) is 18.7 Å². The van der Waals surface area contributed by atoms with Crippen LogP contribution < -0.4 is 4.74 Å². The highest BCUT2D eigenvalue weighted by Gasteiger charge is 2.51. The summed E-state index contributed by atoms with van der Waals surface area (Å²) in [6.07, 6.45) is -6.45. The number of β-amino-alcohol motifs (C(OH)–C–C–N with tert-alkyl or cyclic N) is 1. The Labute approximate surface area is 183 Å². The summed E-state index contributed by atoms with van der Waals surface area (Å²) in [5.41, 5.74) is -4.37. The highest BCUT2D eigenvalue weighted by Crippen LogP contribution is 2.35. The lowest BCUT2D eigenvalue weighted by atomic mass is 10.0. The van der Waals surface area contributed by atoms with Crippen LogP contribution in [0.15, 0.2) is 35.2 Å². The van der Waals surface area contributed by atoms with Crippen LogP contribution in [0.5, 0.6) is 5.75 Å². The van der Waals surface area contributed by atoms with Crippen molar-refractivity contribution in [1.29, 1.82) is 5.26 Å². The molecule has 1 heterocycles. The summed E-state index contributed by atoms with van der Waals surface area (Å²) < 4.78 is 110. The molecule has 14 heteroatoms. The molecule has 3 rings (SSSR count). The molecule has 0 aromatic heterocycles. The van der Waals surface area contributed by atoms with Gasteiger partial charge < -0.3 is 14.9 Å². The van der Waals surface area contributed by atoms with E-state index < -0.39 is 86.8 Å². The molecule has 0 radical (unpaired) electrons. The number of ether oxygens (including phenoxy) is 1. The highest BCUT2D eigenvalue weighted by atomic mass is 32.2. The van der Waals surface area contributed by atoms with Gasteiger partial charge in [-0.25, -0.2) is 21.6 Å². The Kier molecular flexibility index (Phi) is 6.37. The Morgan fingerprint density at radius 1 is 1.18 bits per heavy atom. The molecule has 2 atom stereocenters. The second-order valence-electron chi connectivity index (χ2n) is 7.19. The predicted molar refractivity (Wildman–Crippen MR) is 97.7 cm³/mol. The second-order valence-corrected chi connectivity index (χ2v) is 9.09. The molecule has 1 saturated heterocycles. The minimum atomic E-state index is -4.84. The Hall–Kier alpha value is -2.86. The third-order valence-corrected chi connectivity index (χ3v) is 6.84. The van der Waals surface area contributed by atoms with Crippen molar-refractivity contribution in [3.8, 4) is 11.8 Å². The molecule has 1 unspecified atom stereocenters. The number of rotatable bonds is 5. The van der Waals surface area contributed by atoms with E-state index >= 15 is 0 Å². The molecule has 2 N–H and O–H groups in total. The summed E-state index contributed by atoms with van der Waals surface area (Å²) >= 11 is 0.